The molecular weight excluding hydrogens is 219 g/mol. The monoisotopic (exact) mass is 232 g/mol. The van der Waals surface area contributed by atoms with Crippen molar-refractivity contribution in [3.05, 3.63) is 36.0 Å². The number of hydrogen-bond acceptors (Lipinski definition) is 1. The fourth-order valence-electron chi connectivity index (χ4n) is 1.47. The molecule has 0 saturated carbocycles. The van der Waals surface area contributed by atoms with Gasteiger partial charge in [0, 0.05) is 23.6 Å². The van der Waals surface area contributed by atoms with E-state index in [2.05, 4.69) is 34.7 Å². The van der Waals surface area contributed by atoms with Crippen LogP contribution in [0.5, 0.6) is 0 Å². The van der Waals surface area contributed by atoms with Crippen LogP contribution in [0.15, 0.2) is 30.5 Å². The highest BCUT2D eigenvalue weighted by atomic mass is 35.5. The van der Waals surface area contributed by atoms with E-state index in [9.17, 15) is 0 Å². The Morgan fingerprint density at radius 3 is 2.64 bits per heavy atom. The molecule has 0 spiro atoms. The number of halogens is 2. The van der Waals surface area contributed by atoms with Crippen molar-refractivity contribution >= 4 is 35.7 Å². The number of aromatic amines is 1. The van der Waals surface area contributed by atoms with Crippen LogP contribution in [-0.4, -0.2) is 12.0 Å². The molecule has 2 N–H and O–H groups in total. The lowest BCUT2D eigenvalue weighted by Gasteiger charge is -1.95. The number of H-pyrrole nitrogens is 1. The van der Waals surface area contributed by atoms with Crippen LogP contribution in [0.3, 0.4) is 0 Å². The van der Waals surface area contributed by atoms with E-state index < -0.39 is 0 Å². The second-order valence-electron chi connectivity index (χ2n) is 2.89. The Morgan fingerprint density at radius 1 is 1.21 bits per heavy atom. The molecule has 0 saturated heterocycles. The molecule has 1 heterocycles. The van der Waals surface area contributed by atoms with E-state index in [0.29, 0.717) is 0 Å². The minimum absolute atomic E-state index is 0. The summed E-state index contributed by atoms with van der Waals surface area (Å²) >= 11 is 0. The summed E-state index contributed by atoms with van der Waals surface area (Å²) in [5.74, 6) is 0. The van der Waals surface area contributed by atoms with E-state index in [1.807, 2.05) is 13.1 Å². The highest BCUT2D eigenvalue weighted by Crippen LogP contribution is 2.16. The third-order valence-corrected chi connectivity index (χ3v) is 2.04. The Morgan fingerprint density at radius 2 is 1.93 bits per heavy atom. The first kappa shape index (κ1) is 13.3. The van der Waals surface area contributed by atoms with Gasteiger partial charge >= 0.3 is 0 Å². The predicted molar refractivity (Wildman–Crippen MR) is 65.6 cm³/mol. The molecule has 0 radical (unpaired) electrons. The van der Waals surface area contributed by atoms with Gasteiger partial charge in [0.15, 0.2) is 0 Å². The van der Waals surface area contributed by atoms with Crippen LogP contribution in [0.4, 0.5) is 0 Å². The Kier molecular flexibility index (Phi) is 5.62. The van der Waals surface area contributed by atoms with Crippen LogP contribution in [0.1, 0.15) is 5.56 Å². The zero-order chi connectivity index (χ0) is 8.39. The molecule has 0 aliphatic carbocycles. The lowest BCUT2D eigenvalue weighted by molar-refractivity contribution is 0.823. The molecule has 0 aliphatic rings. The van der Waals surface area contributed by atoms with E-state index in [1.54, 1.807) is 0 Å². The van der Waals surface area contributed by atoms with E-state index >= 15 is 0 Å². The maximum absolute atomic E-state index is 3.23. The van der Waals surface area contributed by atoms with E-state index in [4.69, 9.17) is 0 Å². The molecule has 1 aromatic heterocycles. The Labute approximate surface area is 95.9 Å². The molecule has 2 aromatic rings. The van der Waals surface area contributed by atoms with Crippen LogP contribution in [0, 0.1) is 0 Å². The van der Waals surface area contributed by atoms with Gasteiger partial charge in [0.05, 0.1) is 0 Å². The average molecular weight is 233 g/mol. The van der Waals surface area contributed by atoms with Crippen molar-refractivity contribution in [2.45, 2.75) is 6.54 Å². The molecule has 14 heavy (non-hydrogen) atoms. The van der Waals surface area contributed by atoms with Gasteiger partial charge in [-0.1, -0.05) is 18.2 Å². The maximum atomic E-state index is 3.23. The molecule has 2 nitrogen and oxygen atoms in total. The molecule has 0 aliphatic heterocycles. The molecule has 2 rings (SSSR count). The summed E-state index contributed by atoms with van der Waals surface area (Å²) in [4.78, 5) is 3.23. The van der Waals surface area contributed by atoms with Gasteiger partial charge in [-0.15, -0.1) is 24.8 Å². The fraction of sp³-hybridized carbons (Fsp3) is 0.200. The quantitative estimate of drug-likeness (QED) is 0.820. The van der Waals surface area contributed by atoms with Gasteiger partial charge < -0.3 is 10.3 Å². The Bertz CT molecular complexity index is 384. The molecule has 0 atom stereocenters. The summed E-state index contributed by atoms with van der Waals surface area (Å²) in [5.41, 5.74) is 2.54. The largest absolute Gasteiger partial charge is 0.361 e. The number of nitrogens with one attached hydrogen (secondary N) is 2. The first-order valence-corrected chi connectivity index (χ1v) is 4.11. The highest BCUT2D eigenvalue weighted by molar-refractivity contribution is 5.85. The van der Waals surface area contributed by atoms with Crippen LogP contribution in [0.2, 0.25) is 0 Å². The van der Waals surface area contributed by atoms with Crippen molar-refractivity contribution in [3.63, 3.8) is 0 Å². The van der Waals surface area contributed by atoms with Crippen molar-refractivity contribution in [1.82, 2.24) is 10.3 Å². The minimum Gasteiger partial charge on any atom is -0.361 e. The van der Waals surface area contributed by atoms with Gasteiger partial charge in [0.25, 0.3) is 0 Å². The molecule has 0 amide bonds. The van der Waals surface area contributed by atoms with E-state index in [1.165, 1.54) is 16.5 Å². The number of para-hydroxylation sites is 1. The van der Waals surface area contributed by atoms with Crippen molar-refractivity contribution in [2.75, 3.05) is 7.05 Å². The third kappa shape index (κ3) is 2.41. The second kappa shape index (κ2) is 5.91. The summed E-state index contributed by atoms with van der Waals surface area (Å²) in [6.45, 7) is 0.921. The lowest BCUT2D eigenvalue weighted by Crippen LogP contribution is -2.03. The van der Waals surface area contributed by atoms with Gasteiger partial charge in [0.1, 0.15) is 0 Å². The summed E-state index contributed by atoms with van der Waals surface area (Å²) in [7, 11) is 1.96. The van der Waals surface area contributed by atoms with Crippen LogP contribution in [0.25, 0.3) is 10.9 Å². The SMILES string of the molecule is CNCc1c[nH]c2ccccc12.Cl.Cl. The standard InChI is InChI=1S/C10H12N2.2ClH/c1-11-6-8-7-12-10-5-3-2-4-9(8)10;;/h2-5,7,11-12H,6H2,1H3;2*1H. The second-order valence-corrected chi connectivity index (χ2v) is 2.89. The summed E-state index contributed by atoms with van der Waals surface area (Å²) in [5, 5.41) is 4.45. The minimum atomic E-state index is 0. The summed E-state index contributed by atoms with van der Waals surface area (Å²) in [6, 6.07) is 8.34. The van der Waals surface area contributed by atoms with Gasteiger partial charge in [-0.3, -0.25) is 0 Å². The van der Waals surface area contributed by atoms with Crippen molar-refractivity contribution in [2.24, 2.45) is 0 Å². The molecule has 1 aromatic carbocycles. The first-order valence-electron chi connectivity index (χ1n) is 4.11. The van der Waals surface area contributed by atoms with Gasteiger partial charge in [-0.25, -0.2) is 0 Å². The van der Waals surface area contributed by atoms with Crippen LogP contribution in [-0.2, 0) is 6.54 Å². The van der Waals surface area contributed by atoms with Crippen molar-refractivity contribution in [3.8, 4) is 0 Å². The number of rotatable bonds is 2. The molecule has 0 bridgehead atoms. The maximum Gasteiger partial charge on any atom is 0.0457 e. The van der Waals surface area contributed by atoms with Gasteiger partial charge in [-0.2, -0.15) is 0 Å². The Hall–Kier alpha value is -0.700. The van der Waals surface area contributed by atoms with Crippen LogP contribution >= 0.6 is 24.8 Å². The van der Waals surface area contributed by atoms with Crippen LogP contribution < -0.4 is 5.32 Å². The number of benzene rings is 1. The zero-order valence-electron chi connectivity index (χ0n) is 7.91. The molecular formula is C10H14Cl2N2. The van der Waals surface area contributed by atoms with Gasteiger partial charge in [-0.05, 0) is 18.7 Å². The smallest absolute Gasteiger partial charge is 0.0457 e. The third-order valence-electron chi connectivity index (χ3n) is 2.04. The summed E-state index contributed by atoms with van der Waals surface area (Å²) in [6.07, 6.45) is 2.06. The number of hydrogen-bond donors (Lipinski definition) is 2. The topological polar surface area (TPSA) is 27.8 Å². The number of fused-ring (bicyclic) bond motifs is 1. The molecule has 0 unspecified atom stereocenters. The molecule has 4 heteroatoms. The number of aromatic nitrogens is 1. The van der Waals surface area contributed by atoms with E-state index in [-0.39, 0.29) is 24.8 Å². The predicted octanol–water partition coefficient (Wildman–Crippen LogP) is 2.73. The molecule has 0 fully saturated rings. The van der Waals surface area contributed by atoms with E-state index in [0.717, 1.165) is 6.54 Å². The Balaban J connectivity index is 0.000000845. The van der Waals surface area contributed by atoms with Crippen molar-refractivity contribution in [1.29, 1.82) is 0 Å². The highest BCUT2D eigenvalue weighted by Gasteiger charge is 1.99. The molecule has 78 valence electrons. The van der Waals surface area contributed by atoms with Crippen molar-refractivity contribution < 1.29 is 0 Å². The normalized spacial score (nSPS) is 9.21. The zero-order valence-corrected chi connectivity index (χ0v) is 9.54. The van der Waals surface area contributed by atoms with Gasteiger partial charge in [0.2, 0.25) is 0 Å². The average Bonchev–Trinajstić information content (AvgIpc) is 2.50. The lowest BCUT2D eigenvalue weighted by atomic mass is 10.2. The summed E-state index contributed by atoms with van der Waals surface area (Å²) < 4.78 is 0. The first-order chi connectivity index (χ1) is 5.92. The fourth-order valence-corrected chi connectivity index (χ4v) is 1.47.